The number of hydrogen-bond acceptors (Lipinski definition) is 6. The Kier molecular flexibility index (Phi) is 8.32. The Morgan fingerprint density at radius 3 is 2.41 bits per heavy atom. The monoisotopic (exact) mass is 608 g/mol. The number of ketones is 1. The average Bonchev–Trinajstić information content (AvgIpc) is 3.28. The average molecular weight is 609 g/mol. The number of hydrogen-bond donors (Lipinski definition) is 0. The highest BCUT2D eigenvalue weighted by Gasteiger charge is 2.49. The van der Waals surface area contributed by atoms with Crippen molar-refractivity contribution in [1.29, 1.82) is 0 Å². The standard InChI is InChI=1S/C36H33ClN2O5/c1-3-8-31(33(40)23-9-5-4-6-10-23)44-36(43)28-20-30(38-32-25(28)11-7-12-29(32)37)22-14-16-24(17-15-22)39-34(41)26-18-13-21(2)19-27(26)35(39)42/h4-7,9-12,14-17,20-21,26-27,31H,3,8,13,18-19H2,1-2H3. The molecule has 1 saturated heterocycles. The summed E-state index contributed by atoms with van der Waals surface area (Å²) in [6.07, 6.45) is 2.52. The minimum absolute atomic E-state index is 0.132. The molecule has 1 aromatic heterocycles. The van der Waals surface area contributed by atoms with Crippen molar-refractivity contribution in [2.24, 2.45) is 17.8 Å². The van der Waals surface area contributed by atoms with Gasteiger partial charge < -0.3 is 4.74 Å². The Hall–Kier alpha value is -4.36. The van der Waals surface area contributed by atoms with Crippen molar-refractivity contribution in [3.05, 3.63) is 95.0 Å². The van der Waals surface area contributed by atoms with E-state index < -0.39 is 12.1 Å². The van der Waals surface area contributed by atoms with Crippen molar-refractivity contribution in [3.8, 4) is 11.3 Å². The lowest BCUT2D eigenvalue weighted by Crippen LogP contribution is -2.30. The van der Waals surface area contributed by atoms with Crippen LogP contribution in [0.2, 0.25) is 5.02 Å². The number of Topliss-reactive ketones (excluding diaryl/α,β-unsaturated/α-hetero) is 1. The Labute approximate surface area is 261 Å². The maximum Gasteiger partial charge on any atom is 0.339 e. The molecule has 1 saturated carbocycles. The number of amides is 2. The SMILES string of the molecule is CCCC(OC(=O)c1cc(-c2ccc(N3C(=O)C4CCC(C)CC4C3=O)cc2)nc2c(Cl)cccc12)C(=O)c1ccccc1. The summed E-state index contributed by atoms with van der Waals surface area (Å²) in [4.78, 5) is 59.4. The molecule has 0 N–H and O–H groups in total. The lowest BCUT2D eigenvalue weighted by Gasteiger charge is -2.25. The molecule has 0 bridgehead atoms. The smallest absolute Gasteiger partial charge is 0.339 e. The van der Waals surface area contributed by atoms with Gasteiger partial charge in [-0.15, -0.1) is 0 Å². The third kappa shape index (κ3) is 5.52. The van der Waals surface area contributed by atoms with E-state index >= 15 is 0 Å². The number of carbonyl (C=O) groups excluding carboxylic acids is 4. The van der Waals surface area contributed by atoms with Gasteiger partial charge in [-0.05, 0) is 55.9 Å². The van der Waals surface area contributed by atoms with Crippen LogP contribution < -0.4 is 4.90 Å². The summed E-state index contributed by atoms with van der Waals surface area (Å²) >= 11 is 6.54. The number of nitrogens with zero attached hydrogens (tertiary/aromatic N) is 2. The molecule has 4 atom stereocenters. The van der Waals surface area contributed by atoms with E-state index in [9.17, 15) is 19.2 Å². The zero-order valence-electron chi connectivity index (χ0n) is 24.7. The summed E-state index contributed by atoms with van der Waals surface area (Å²) in [5.41, 5.74) is 2.79. The topological polar surface area (TPSA) is 93.6 Å². The zero-order valence-corrected chi connectivity index (χ0v) is 25.4. The van der Waals surface area contributed by atoms with Crippen LogP contribution in [0.5, 0.6) is 0 Å². The van der Waals surface area contributed by atoms with E-state index in [2.05, 4.69) is 6.92 Å². The largest absolute Gasteiger partial charge is 0.450 e. The summed E-state index contributed by atoms with van der Waals surface area (Å²) in [7, 11) is 0. The molecule has 4 aromatic rings. The van der Waals surface area contributed by atoms with Crippen molar-refractivity contribution in [2.75, 3.05) is 4.90 Å². The number of fused-ring (bicyclic) bond motifs is 2. The van der Waals surface area contributed by atoms with E-state index in [1.54, 1.807) is 72.8 Å². The second-order valence-corrected chi connectivity index (χ2v) is 12.2. The third-order valence-electron chi connectivity index (χ3n) is 8.77. The van der Waals surface area contributed by atoms with Crippen LogP contribution in [0.15, 0.2) is 78.9 Å². The number of imide groups is 1. The van der Waals surface area contributed by atoms with E-state index in [1.165, 1.54) is 4.90 Å². The molecular weight excluding hydrogens is 576 g/mol. The van der Waals surface area contributed by atoms with E-state index in [0.29, 0.717) is 57.2 Å². The van der Waals surface area contributed by atoms with Crippen LogP contribution in [0.1, 0.15) is 66.7 Å². The molecule has 8 heteroatoms. The third-order valence-corrected chi connectivity index (χ3v) is 9.07. The molecule has 7 nitrogen and oxygen atoms in total. The van der Waals surface area contributed by atoms with Crippen molar-refractivity contribution in [2.45, 2.75) is 52.1 Å². The molecule has 2 amide bonds. The van der Waals surface area contributed by atoms with Gasteiger partial charge in [-0.2, -0.15) is 0 Å². The summed E-state index contributed by atoms with van der Waals surface area (Å²) in [5.74, 6) is -1.25. The highest BCUT2D eigenvalue weighted by atomic mass is 35.5. The van der Waals surface area contributed by atoms with Crippen LogP contribution in [0.4, 0.5) is 5.69 Å². The van der Waals surface area contributed by atoms with Crippen molar-refractivity contribution in [3.63, 3.8) is 0 Å². The summed E-state index contributed by atoms with van der Waals surface area (Å²) < 4.78 is 5.86. The fourth-order valence-corrected chi connectivity index (χ4v) is 6.66. The van der Waals surface area contributed by atoms with E-state index in [1.807, 2.05) is 13.0 Å². The summed E-state index contributed by atoms with van der Waals surface area (Å²) in [5, 5.41) is 0.876. The van der Waals surface area contributed by atoms with Gasteiger partial charge in [0.15, 0.2) is 6.10 Å². The number of pyridine rings is 1. The van der Waals surface area contributed by atoms with Crippen molar-refractivity contribution >= 4 is 51.8 Å². The molecule has 44 heavy (non-hydrogen) atoms. The van der Waals surface area contributed by atoms with Crippen molar-refractivity contribution < 1.29 is 23.9 Å². The number of ether oxygens (including phenoxy) is 1. The highest BCUT2D eigenvalue weighted by Crippen LogP contribution is 2.42. The minimum atomic E-state index is -0.942. The van der Waals surface area contributed by atoms with Gasteiger partial charge in [0.25, 0.3) is 0 Å². The van der Waals surface area contributed by atoms with Gasteiger partial charge in [-0.3, -0.25) is 19.3 Å². The first-order valence-corrected chi connectivity index (χ1v) is 15.5. The molecule has 2 heterocycles. The summed E-state index contributed by atoms with van der Waals surface area (Å²) in [6, 6.07) is 22.6. The first-order chi connectivity index (χ1) is 21.3. The fourth-order valence-electron chi connectivity index (χ4n) is 6.44. The number of anilines is 1. The van der Waals surface area contributed by atoms with Gasteiger partial charge in [0, 0.05) is 16.5 Å². The number of aromatic nitrogens is 1. The van der Waals surface area contributed by atoms with Gasteiger partial charge in [-0.25, -0.2) is 9.78 Å². The lowest BCUT2D eigenvalue weighted by molar-refractivity contribution is -0.122. The molecule has 224 valence electrons. The molecule has 1 aliphatic heterocycles. The normalized spacial score (nSPS) is 20.4. The first kappa shape index (κ1) is 29.7. The van der Waals surface area contributed by atoms with E-state index in [4.69, 9.17) is 21.3 Å². The molecule has 1 aliphatic carbocycles. The van der Waals surface area contributed by atoms with E-state index in [-0.39, 0.29) is 35.0 Å². The molecule has 4 unspecified atom stereocenters. The number of para-hydroxylation sites is 1. The number of benzene rings is 3. The van der Waals surface area contributed by atoms with Crippen LogP contribution in [-0.2, 0) is 14.3 Å². The van der Waals surface area contributed by atoms with Gasteiger partial charge in [-0.1, -0.05) is 86.5 Å². The number of rotatable bonds is 8. The predicted octanol–water partition coefficient (Wildman–Crippen LogP) is 7.69. The van der Waals surface area contributed by atoms with Crippen LogP contribution in [0, 0.1) is 17.8 Å². The van der Waals surface area contributed by atoms with Crippen LogP contribution in [-0.4, -0.2) is 34.7 Å². The predicted molar refractivity (Wildman–Crippen MR) is 170 cm³/mol. The molecule has 2 fully saturated rings. The van der Waals surface area contributed by atoms with Crippen LogP contribution in [0.3, 0.4) is 0 Å². The Morgan fingerprint density at radius 2 is 1.68 bits per heavy atom. The number of esters is 1. The number of carbonyl (C=O) groups is 4. The lowest BCUT2D eigenvalue weighted by atomic mass is 9.76. The Balaban J connectivity index is 1.32. The molecule has 2 aliphatic rings. The van der Waals surface area contributed by atoms with Crippen LogP contribution in [0.25, 0.3) is 22.2 Å². The van der Waals surface area contributed by atoms with Gasteiger partial charge in [0.05, 0.1) is 39.3 Å². The minimum Gasteiger partial charge on any atom is -0.450 e. The van der Waals surface area contributed by atoms with Gasteiger partial charge >= 0.3 is 5.97 Å². The molecule has 0 spiro atoms. The zero-order chi connectivity index (χ0) is 31.0. The molecule has 6 rings (SSSR count). The second kappa shape index (κ2) is 12.3. The Morgan fingerprint density at radius 1 is 0.955 bits per heavy atom. The fraction of sp³-hybridized carbons (Fsp3) is 0.306. The quantitative estimate of drug-likeness (QED) is 0.116. The van der Waals surface area contributed by atoms with Gasteiger partial charge in [0.1, 0.15) is 0 Å². The van der Waals surface area contributed by atoms with E-state index in [0.717, 1.165) is 19.3 Å². The maximum atomic E-state index is 13.7. The molecular formula is C36H33ClN2O5. The molecule has 0 radical (unpaired) electrons. The maximum absolute atomic E-state index is 13.7. The van der Waals surface area contributed by atoms with Crippen LogP contribution >= 0.6 is 11.6 Å². The summed E-state index contributed by atoms with van der Waals surface area (Å²) in [6.45, 7) is 4.06. The second-order valence-electron chi connectivity index (χ2n) is 11.8. The van der Waals surface area contributed by atoms with Gasteiger partial charge in [0.2, 0.25) is 17.6 Å². The Bertz CT molecular complexity index is 1750. The molecule has 3 aromatic carbocycles. The first-order valence-electron chi connectivity index (χ1n) is 15.1. The number of halogens is 1. The van der Waals surface area contributed by atoms with Crippen molar-refractivity contribution in [1.82, 2.24) is 4.98 Å². The highest BCUT2D eigenvalue weighted by molar-refractivity contribution is 6.35.